The van der Waals surface area contributed by atoms with Gasteiger partial charge < -0.3 is 9.47 Å². The van der Waals surface area contributed by atoms with Crippen LogP contribution < -0.4 is 0 Å². The van der Waals surface area contributed by atoms with E-state index >= 15 is 0 Å². The summed E-state index contributed by atoms with van der Waals surface area (Å²) in [7, 11) is 1.32. The molecule has 4 nitrogen and oxygen atoms in total. The van der Waals surface area contributed by atoms with Crippen LogP contribution in [0.25, 0.3) is 0 Å². The van der Waals surface area contributed by atoms with Crippen LogP contribution in [0, 0.1) is 17.8 Å². The summed E-state index contributed by atoms with van der Waals surface area (Å²) in [5, 5.41) is 0. The smallest absolute Gasteiger partial charge is 0.320 e. The van der Waals surface area contributed by atoms with Crippen molar-refractivity contribution in [2.24, 2.45) is 17.8 Å². The molecule has 0 amide bonds. The molecule has 1 aliphatic rings. The number of ether oxygens (including phenoxy) is 2. The Kier molecular flexibility index (Phi) is 7.46. The topological polar surface area (TPSA) is 52.6 Å². The van der Waals surface area contributed by atoms with Gasteiger partial charge in [0, 0.05) is 5.92 Å². The van der Waals surface area contributed by atoms with Crippen molar-refractivity contribution < 1.29 is 19.1 Å². The third-order valence-corrected chi connectivity index (χ3v) is 6.11. The molecule has 1 aromatic rings. The molecule has 1 unspecified atom stereocenters. The molecule has 0 saturated heterocycles. The minimum Gasteiger partial charge on any atom is -0.468 e. The van der Waals surface area contributed by atoms with E-state index < -0.39 is 17.9 Å². The van der Waals surface area contributed by atoms with Crippen LogP contribution in [0.15, 0.2) is 30.3 Å². The highest BCUT2D eigenvalue weighted by Crippen LogP contribution is 2.43. The van der Waals surface area contributed by atoms with Gasteiger partial charge in [-0.1, -0.05) is 70.9 Å². The van der Waals surface area contributed by atoms with Crippen molar-refractivity contribution in [1.82, 2.24) is 0 Å². The van der Waals surface area contributed by atoms with Gasteiger partial charge in [-0.2, -0.15) is 0 Å². The Morgan fingerprint density at radius 2 is 1.81 bits per heavy atom. The highest BCUT2D eigenvalue weighted by atomic mass is 16.6. The zero-order valence-electron chi connectivity index (χ0n) is 17.4. The lowest BCUT2D eigenvalue weighted by Gasteiger charge is -2.44. The zero-order chi connectivity index (χ0) is 20.0. The normalized spacial score (nSPS) is 24.1. The van der Waals surface area contributed by atoms with E-state index in [1.807, 2.05) is 13.0 Å². The van der Waals surface area contributed by atoms with Gasteiger partial charge in [-0.3, -0.25) is 9.59 Å². The van der Waals surface area contributed by atoms with Crippen LogP contribution >= 0.6 is 0 Å². The fourth-order valence-electron chi connectivity index (χ4n) is 4.36. The average Bonchev–Trinajstić information content (AvgIpc) is 2.66. The first-order chi connectivity index (χ1) is 12.8. The monoisotopic (exact) mass is 374 g/mol. The van der Waals surface area contributed by atoms with E-state index in [2.05, 4.69) is 45.0 Å². The lowest BCUT2D eigenvalue weighted by molar-refractivity contribution is -0.169. The van der Waals surface area contributed by atoms with Gasteiger partial charge in [-0.05, 0) is 36.2 Å². The zero-order valence-corrected chi connectivity index (χ0v) is 17.4. The van der Waals surface area contributed by atoms with Gasteiger partial charge in [0.05, 0.1) is 7.11 Å². The summed E-state index contributed by atoms with van der Waals surface area (Å²) >= 11 is 0. The predicted molar refractivity (Wildman–Crippen MR) is 106 cm³/mol. The third kappa shape index (κ3) is 5.12. The molecule has 4 atom stereocenters. The van der Waals surface area contributed by atoms with Gasteiger partial charge in [-0.25, -0.2) is 0 Å². The summed E-state index contributed by atoms with van der Waals surface area (Å²) in [6, 6.07) is 10.4. The first kappa shape index (κ1) is 21.5. The summed E-state index contributed by atoms with van der Waals surface area (Å²) in [5.74, 6) is -1.02. The maximum Gasteiger partial charge on any atom is 0.320 e. The second-order valence-electron chi connectivity index (χ2n) is 8.45. The number of hydrogen-bond acceptors (Lipinski definition) is 4. The molecule has 0 spiro atoms. The lowest BCUT2D eigenvalue weighted by atomic mass is 9.64. The van der Waals surface area contributed by atoms with Crippen molar-refractivity contribution in [2.45, 2.75) is 71.3 Å². The van der Waals surface area contributed by atoms with Crippen LogP contribution in [0.1, 0.15) is 65.4 Å². The van der Waals surface area contributed by atoms with Crippen LogP contribution in [-0.4, -0.2) is 25.2 Å². The summed E-state index contributed by atoms with van der Waals surface area (Å²) in [6.45, 7) is 8.62. The highest BCUT2D eigenvalue weighted by molar-refractivity contribution is 5.94. The fraction of sp³-hybridized carbons (Fsp3) is 0.652. The molecule has 27 heavy (non-hydrogen) atoms. The van der Waals surface area contributed by atoms with Gasteiger partial charge in [0.2, 0.25) is 0 Å². The van der Waals surface area contributed by atoms with Crippen molar-refractivity contribution >= 4 is 11.9 Å². The Bertz CT molecular complexity index is 623. The van der Waals surface area contributed by atoms with E-state index in [9.17, 15) is 9.59 Å². The molecule has 2 rings (SSSR count). The number of methoxy groups -OCH3 is 1. The molecular formula is C23H34O4. The van der Waals surface area contributed by atoms with Gasteiger partial charge in [0.15, 0.2) is 5.92 Å². The lowest BCUT2D eigenvalue weighted by Crippen LogP contribution is -2.44. The Morgan fingerprint density at radius 3 is 2.41 bits per heavy atom. The number of carbonyl (C=O) groups is 2. The van der Waals surface area contributed by atoms with Gasteiger partial charge in [0.25, 0.3) is 0 Å². The Labute approximate surface area is 163 Å². The highest BCUT2D eigenvalue weighted by Gasteiger charge is 2.43. The molecule has 0 heterocycles. The van der Waals surface area contributed by atoms with Gasteiger partial charge in [-0.15, -0.1) is 0 Å². The maximum absolute atomic E-state index is 12.8. The summed E-state index contributed by atoms with van der Waals surface area (Å²) < 4.78 is 10.8. The van der Waals surface area contributed by atoms with Crippen LogP contribution in [0.3, 0.4) is 0 Å². The molecule has 1 saturated carbocycles. The molecule has 1 aliphatic carbocycles. The number of benzene rings is 1. The minimum atomic E-state index is -0.822. The number of carbonyl (C=O) groups excluding carboxylic acids is 2. The Balaban J connectivity index is 2.22. The van der Waals surface area contributed by atoms with Gasteiger partial charge >= 0.3 is 11.9 Å². The molecule has 0 radical (unpaired) electrons. The molecule has 0 bridgehead atoms. The van der Waals surface area contributed by atoms with Crippen molar-refractivity contribution in [2.75, 3.05) is 7.11 Å². The molecule has 0 aliphatic heterocycles. The molecule has 0 N–H and O–H groups in total. The van der Waals surface area contributed by atoms with E-state index in [0.29, 0.717) is 12.3 Å². The summed E-state index contributed by atoms with van der Waals surface area (Å²) in [4.78, 5) is 24.8. The van der Waals surface area contributed by atoms with Gasteiger partial charge in [0.1, 0.15) is 6.10 Å². The first-order valence-corrected chi connectivity index (χ1v) is 10.1. The number of esters is 2. The first-order valence-electron chi connectivity index (χ1n) is 10.1. The van der Waals surface area contributed by atoms with Crippen LogP contribution in [-0.2, 0) is 24.5 Å². The SMILES string of the molecule is CCCC(C(=O)OC)C(=O)O[C@@H]1C[C@H](C)CC[C@H]1C(C)(C)c1ccccc1. The van der Waals surface area contributed by atoms with Crippen molar-refractivity contribution in [3.63, 3.8) is 0 Å². The maximum atomic E-state index is 12.8. The van der Waals surface area contributed by atoms with E-state index in [1.54, 1.807) is 0 Å². The van der Waals surface area contributed by atoms with Crippen molar-refractivity contribution in [3.8, 4) is 0 Å². The molecule has 1 aromatic carbocycles. The largest absolute Gasteiger partial charge is 0.468 e. The minimum absolute atomic E-state index is 0.113. The molecular weight excluding hydrogens is 340 g/mol. The molecule has 1 fully saturated rings. The third-order valence-electron chi connectivity index (χ3n) is 6.11. The van der Waals surface area contributed by atoms with E-state index in [0.717, 1.165) is 25.7 Å². The average molecular weight is 375 g/mol. The van der Waals surface area contributed by atoms with Crippen LogP contribution in [0.2, 0.25) is 0 Å². The standard InChI is InChI=1S/C23H34O4/c1-6-10-18(21(24)26-5)22(25)27-20-15-16(2)13-14-19(20)23(3,4)17-11-8-7-9-12-17/h7-9,11-12,16,18-20H,6,10,13-15H2,1-5H3/t16-,18?,19-,20-/m1/s1. The molecule has 0 aromatic heterocycles. The van der Waals surface area contributed by atoms with Crippen LogP contribution in [0.5, 0.6) is 0 Å². The summed E-state index contributed by atoms with van der Waals surface area (Å²) in [6.07, 6.45) is 3.99. The van der Waals surface area contributed by atoms with Crippen molar-refractivity contribution in [3.05, 3.63) is 35.9 Å². The molecule has 150 valence electrons. The summed E-state index contributed by atoms with van der Waals surface area (Å²) in [5.41, 5.74) is 1.14. The molecule has 4 heteroatoms. The number of hydrogen-bond donors (Lipinski definition) is 0. The van der Waals surface area contributed by atoms with E-state index in [4.69, 9.17) is 9.47 Å². The number of rotatable bonds is 7. The quantitative estimate of drug-likeness (QED) is 0.503. The second-order valence-corrected chi connectivity index (χ2v) is 8.45. The van der Waals surface area contributed by atoms with Crippen molar-refractivity contribution in [1.29, 1.82) is 0 Å². The van der Waals surface area contributed by atoms with Crippen LogP contribution in [0.4, 0.5) is 0 Å². The van der Waals surface area contributed by atoms with E-state index in [1.165, 1.54) is 12.7 Å². The second kappa shape index (κ2) is 9.38. The Morgan fingerprint density at radius 1 is 1.15 bits per heavy atom. The van der Waals surface area contributed by atoms with E-state index in [-0.39, 0.29) is 17.4 Å². The fourth-order valence-corrected chi connectivity index (χ4v) is 4.36. The predicted octanol–water partition coefficient (Wildman–Crippen LogP) is 4.90. The Hall–Kier alpha value is -1.84.